The summed E-state index contributed by atoms with van der Waals surface area (Å²) in [5.41, 5.74) is -0.911. The third kappa shape index (κ3) is 5.98. The molecule has 176 valence electrons. The van der Waals surface area contributed by atoms with Crippen LogP contribution in [0.3, 0.4) is 0 Å². The summed E-state index contributed by atoms with van der Waals surface area (Å²) in [5.74, 6) is -0.777. The van der Waals surface area contributed by atoms with E-state index < -0.39 is 17.2 Å². The van der Waals surface area contributed by atoms with E-state index in [4.69, 9.17) is 18.9 Å². The third-order valence-corrected chi connectivity index (χ3v) is 7.01. The van der Waals surface area contributed by atoms with Crippen LogP contribution in [0.25, 0.3) is 0 Å². The highest BCUT2D eigenvalue weighted by Gasteiger charge is 2.47. The Balaban J connectivity index is 2.08. The molecule has 0 aromatic heterocycles. The number of ether oxygens (including phenoxy) is 4. The van der Waals surface area contributed by atoms with Crippen molar-refractivity contribution < 1.29 is 28.5 Å². The summed E-state index contributed by atoms with van der Waals surface area (Å²) in [7, 11) is 0. The van der Waals surface area contributed by atoms with Crippen molar-refractivity contribution in [3.8, 4) is 0 Å². The molecule has 0 aliphatic carbocycles. The number of hydrogen-bond acceptors (Lipinski definition) is 6. The predicted octanol–water partition coefficient (Wildman–Crippen LogP) is 5.05. The molecule has 4 atom stereocenters. The highest BCUT2D eigenvalue weighted by atomic mass is 16.6. The van der Waals surface area contributed by atoms with E-state index in [-0.39, 0.29) is 24.3 Å². The van der Waals surface area contributed by atoms with Crippen molar-refractivity contribution in [2.45, 2.75) is 115 Å². The van der Waals surface area contributed by atoms with Crippen LogP contribution in [-0.2, 0) is 28.5 Å². The fourth-order valence-corrected chi connectivity index (χ4v) is 4.89. The second-order valence-electron chi connectivity index (χ2n) is 8.85. The van der Waals surface area contributed by atoms with Crippen molar-refractivity contribution in [3.63, 3.8) is 0 Å². The Bertz CT molecular complexity index is 646. The summed E-state index contributed by atoms with van der Waals surface area (Å²) in [4.78, 5) is 24.3. The molecule has 0 N–H and O–H groups in total. The van der Waals surface area contributed by atoms with Gasteiger partial charge in [-0.2, -0.15) is 0 Å². The minimum absolute atomic E-state index is 0.0285. The van der Waals surface area contributed by atoms with Crippen LogP contribution in [0, 0.1) is 0 Å². The third-order valence-electron chi connectivity index (χ3n) is 7.01. The number of rotatable bonds is 12. The van der Waals surface area contributed by atoms with Gasteiger partial charge in [0.2, 0.25) is 0 Å². The number of carbonyl (C=O) groups is 2. The van der Waals surface area contributed by atoms with Gasteiger partial charge in [0.25, 0.3) is 0 Å². The highest BCUT2D eigenvalue weighted by Crippen LogP contribution is 2.40. The average Bonchev–Trinajstić information content (AvgIpc) is 3.47. The van der Waals surface area contributed by atoms with Gasteiger partial charge in [-0.3, -0.25) is 0 Å². The van der Waals surface area contributed by atoms with Crippen LogP contribution in [0.2, 0.25) is 0 Å². The van der Waals surface area contributed by atoms with Crippen molar-refractivity contribution in [1.82, 2.24) is 0 Å². The lowest BCUT2D eigenvalue weighted by atomic mass is 9.85. The zero-order valence-electron chi connectivity index (χ0n) is 19.7. The Labute approximate surface area is 187 Å². The van der Waals surface area contributed by atoms with Gasteiger partial charge < -0.3 is 18.9 Å². The average molecular weight is 437 g/mol. The van der Waals surface area contributed by atoms with Crippen molar-refractivity contribution in [2.75, 3.05) is 6.61 Å². The summed E-state index contributed by atoms with van der Waals surface area (Å²) >= 11 is 0. The minimum Gasteiger partial charge on any atom is -0.453 e. The largest absolute Gasteiger partial charge is 0.453 e. The van der Waals surface area contributed by atoms with E-state index in [0.717, 1.165) is 32.1 Å². The Morgan fingerprint density at radius 1 is 1.03 bits per heavy atom. The molecule has 2 aliphatic rings. The highest BCUT2D eigenvalue weighted by molar-refractivity contribution is 5.87. The van der Waals surface area contributed by atoms with Gasteiger partial charge in [-0.15, -0.1) is 0 Å². The Morgan fingerprint density at radius 2 is 1.71 bits per heavy atom. The Morgan fingerprint density at radius 3 is 2.23 bits per heavy atom. The van der Waals surface area contributed by atoms with E-state index >= 15 is 0 Å². The molecule has 2 heterocycles. The van der Waals surface area contributed by atoms with Crippen LogP contribution < -0.4 is 0 Å². The van der Waals surface area contributed by atoms with Crippen LogP contribution in [0.15, 0.2) is 24.8 Å². The molecule has 2 saturated heterocycles. The fourth-order valence-electron chi connectivity index (χ4n) is 4.89. The molecule has 31 heavy (non-hydrogen) atoms. The first-order valence-corrected chi connectivity index (χ1v) is 11.8. The van der Waals surface area contributed by atoms with Crippen LogP contribution in [0.4, 0.5) is 0 Å². The fraction of sp³-hybridized carbons (Fsp3) is 0.760. The maximum atomic E-state index is 12.4. The van der Waals surface area contributed by atoms with E-state index in [9.17, 15) is 9.59 Å². The Hall–Kier alpha value is -1.66. The summed E-state index contributed by atoms with van der Waals surface area (Å²) in [6.07, 6.45) is 8.05. The zero-order chi connectivity index (χ0) is 23.1. The van der Waals surface area contributed by atoms with Crippen molar-refractivity contribution in [1.29, 1.82) is 0 Å². The van der Waals surface area contributed by atoms with Gasteiger partial charge >= 0.3 is 11.9 Å². The lowest BCUT2D eigenvalue weighted by Crippen LogP contribution is -2.47. The summed E-state index contributed by atoms with van der Waals surface area (Å²) in [5, 5.41) is 0. The summed E-state index contributed by atoms with van der Waals surface area (Å²) < 4.78 is 24.1. The van der Waals surface area contributed by atoms with Gasteiger partial charge in [0, 0.05) is 18.3 Å². The van der Waals surface area contributed by atoms with E-state index in [0.29, 0.717) is 37.9 Å². The first-order chi connectivity index (χ1) is 14.8. The lowest BCUT2D eigenvalue weighted by Gasteiger charge is -2.38. The molecule has 0 aromatic rings. The minimum atomic E-state index is -0.671. The number of hydrogen-bond donors (Lipinski definition) is 0. The molecule has 2 fully saturated rings. The predicted molar refractivity (Wildman–Crippen MR) is 120 cm³/mol. The molecule has 0 radical (unpaired) electrons. The maximum Gasteiger partial charge on any atom is 0.333 e. The number of carbonyl (C=O) groups excluding carboxylic acids is 2. The topological polar surface area (TPSA) is 71.1 Å². The maximum absolute atomic E-state index is 12.4. The van der Waals surface area contributed by atoms with Gasteiger partial charge in [0.15, 0.2) is 0 Å². The van der Waals surface area contributed by atoms with Crippen molar-refractivity contribution >= 4 is 11.9 Å². The first-order valence-electron chi connectivity index (χ1n) is 11.8. The smallest absolute Gasteiger partial charge is 0.333 e. The quantitative estimate of drug-likeness (QED) is 0.315. The van der Waals surface area contributed by atoms with E-state index in [1.54, 1.807) is 6.92 Å². The molecule has 0 spiro atoms. The standard InChI is InChI=1S/C25H40O6/c1-7-22(26)30-24(8-2,9-3)21-14-13-19(29-21)15-16-25(10-4,20-12-11-17-28-20)31-23(27)18(5)6/h7,19-21H,1,5,8-17H2,2-4,6H3. The monoisotopic (exact) mass is 436 g/mol. The van der Waals surface area contributed by atoms with Gasteiger partial charge in [-0.05, 0) is 64.7 Å². The second kappa shape index (κ2) is 11.3. The second-order valence-corrected chi connectivity index (χ2v) is 8.85. The van der Waals surface area contributed by atoms with Gasteiger partial charge in [0.05, 0.1) is 18.3 Å². The van der Waals surface area contributed by atoms with Gasteiger partial charge in [-0.1, -0.05) is 33.9 Å². The molecule has 0 aromatic carbocycles. The van der Waals surface area contributed by atoms with E-state index in [2.05, 4.69) is 13.2 Å². The molecule has 6 heteroatoms. The zero-order valence-corrected chi connectivity index (χ0v) is 19.7. The van der Waals surface area contributed by atoms with Gasteiger partial charge in [0.1, 0.15) is 11.2 Å². The normalized spacial score (nSPS) is 25.6. The van der Waals surface area contributed by atoms with Crippen LogP contribution >= 0.6 is 0 Å². The van der Waals surface area contributed by atoms with Crippen molar-refractivity contribution in [2.24, 2.45) is 0 Å². The molecular weight excluding hydrogens is 396 g/mol. The molecule has 0 bridgehead atoms. The summed E-state index contributed by atoms with van der Waals surface area (Å²) in [6.45, 7) is 15.7. The van der Waals surface area contributed by atoms with Gasteiger partial charge in [-0.25, -0.2) is 9.59 Å². The van der Waals surface area contributed by atoms with Crippen LogP contribution in [0.5, 0.6) is 0 Å². The molecule has 4 unspecified atom stereocenters. The Kier molecular flexibility index (Phi) is 9.31. The molecule has 6 nitrogen and oxygen atoms in total. The molecule has 2 aliphatic heterocycles. The van der Waals surface area contributed by atoms with Crippen molar-refractivity contribution in [3.05, 3.63) is 24.8 Å². The molecule has 0 saturated carbocycles. The van der Waals surface area contributed by atoms with E-state index in [1.165, 1.54) is 6.08 Å². The molecule has 2 rings (SSSR count). The van der Waals surface area contributed by atoms with E-state index in [1.807, 2.05) is 20.8 Å². The lowest BCUT2D eigenvalue weighted by molar-refractivity contribution is -0.178. The van der Waals surface area contributed by atoms with Crippen LogP contribution in [-0.4, -0.2) is 48.1 Å². The summed E-state index contributed by atoms with van der Waals surface area (Å²) in [6, 6.07) is 0. The van der Waals surface area contributed by atoms with Crippen LogP contribution in [0.1, 0.15) is 85.5 Å². The SMILES string of the molecule is C=CC(=O)OC(CC)(CC)C1CCC(CCC(CC)(OC(=O)C(=C)C)C2CCCO2)O1. The number of esters is 2. The first kappa shape index (κ1) is 25.6. The molecule has 0 amide bonds. The molecular formula is C25H40O6.